The van der Waals surface area contributed by atoms with Crippen LogP contribution in [-0.4, -0.2) is 29.6 Å². The molecule has 1 aliphatic carbocycles. The van der Waals surface area contributed by atoms with E-state index in [1.807, 2.05) is 0 Å². The van der Waals surface area contributed by atoms with Crippen LogP contribution in [0.15, 0.2) is 18.2 Å². The molecule has 1 aromatic carbocycles. The average molecular weight is 277 g/mol. The predicted octanol–water partition coefficient (Wildman–Crippen LogP) is 2.13. The summed E-state index contributed by atoms with van der Waals surface area (Å²) in [7, 11) is 0. The number of aromatic carboxylic acids is 1. The van der Waals surface area contributed by atoms with Gasteiger partial charge in [-0.25, -0.2) is 4.79 Å². The minimum atomic E-state index is -1.06. The lowest BCUT2D eigenvalue weighted by atomic mass is 10.1. The lowest BCUT2D eigenvalue weighted by Crippen LogP contribution is -2.36. The third-order valence-corrected chi connectivity index (χ3v) is 3.51. The van der Waals surface area contributed by atoms with E-state index in [4.69, 9.17) is 9.84 Å². The molecule has 108 valence electrons. The highest BCUT2D eigenvalue weighted by molar-refractivity contribution is 5.91. The molecule has 20 heavy (non-hydrogen) atoms. The Labute approximate surface area is 117 Å². The van der Waals surface area contributed by atoms with E-state index in [9.17, 15) is 9.59 Å². The number of para-hydroxylation sites is 1. The van der Waals surface area contributed by atoms with Crippen LogP contribution in [0.25, 0.3) is 0 Å². The molecule has 5 heteroatoms. The van der Waals surface area contributed by atoms with Crippen LogP contribution in [0.4, 0.5) is 0 Å². The van der Waals surface area contributed by atoms with Gasteiger partial charge in [0.2, 0.25) is 0 Å². The van der Waals surface area contributed by atoms with Crippen molar-refractivity contribution in [3.8, 4) is 5.75 Å². The Morgan fingerprint density at radius 1 is 1.35 bits per heavy atom. The van der Waals surface area contributed by atoms with Gasteiger partial charge in [0.25, 0.3) is 5.91 Å². The molecule has 5 nitrogen and oxygen atoms in total. The van der Waals surface area contributed by atoms with Crippen LogP contribution in [0.1, 0.15) is 41.6 Å². The van der Waals surface area contributed by atoms with Crippen molar-refractivity contribution in [3.05, 3.63) is 29.3 Å². The van der Waals surface area contributed by atoms with Crippen LogP contribution < -0.4 is 10.1 Å². The molecule has 1 fully saturated rings. The van der Waals surface area contributed by atoms with Crippen LogP contribution in [0.5, 0.6) is 5.75 Å². The normalized spacial score (nSPS) is 15.1. The second-order valence-corrected chi connectivity index (χ2v) is 5.09. The van der Waals surface area contributed by atoms with E-state index in [-0.39, 0.29) is 29.9 Å². The number of ether oxygens (including phenoxy) is 1. The molecule has 0 heterocycles. The quantitative estimate of drug-likeness (QED) is 0.864. The number of benzene rings is 1. The van der Waals surface area contributed by atoms with Crippen molar-refractivity contribution in [2.75, 3.05) is 6.61 Å². The minimum Gasteiger partial charge on any atom is -0.483 e. The number of carboxylic acids is 1. The fourth-order valence-corrected chi connectivity index (χ4v) is 2.49. The first-order valence-corrected chi connectivity index (χ1v) is 6.83. The Kier molecular flexibility index (Phi) is 4.61. The first-order valence-electron chi connectivity index (χ1n) is 6.83. The molecule has 0 atom stereocenters. The lowest BCUT2D eigenvalue weighted by Gasteiger charge is -2.14. The van der Waals surface area contributed by atoms with E-state index in [1.165, 1.54) is 6.07 Å². The van der Waals surface area contributed by atoms with Gasteiger partial charge in [0.1, 0.15) is 11.3 Å². The number of hydrogen-bond acceptors (Lipinski definition) is 3. The molecule has 0 radical (unpaired) electrons. The van der Waals surface area contributed by atoms with Crippen molar-refractivity contribution in [1.82, 2.24) is 5.32 Å². The molecule has 0 saturated heterocycles. The van der Waals surface area contributed by atoms with Crippen molar-refractivity contribution < 1.29 is 19.4 Å². The highest BCUT2D eigenvalue weighted by Gasteiger charge is 2.18. The van der Waals surface area contributed by atoms with Gasteiger partial charge in [-0.05, 0) is 31.4 Å². The molecule has 0 aromatic heterocycles. The van der Waals surface area contributed by atoms with Crippen molar-refractivity contribution in [2.45, 2.75) is 38.6 Å². The van der Waals surface area contributed by atoms with Crippen molar-refractivity contribution in [2.24, 2.45) is 0 Å². The molecular formula is C15H19NO4. The summed E-state index contributed by atoms with van der Waals surface area (Å²) in [6, 6.07) is 5.13. The Hall–Kier alpha value is -2.04. The van der Waals surface area contributed by atoms with Gasteiger partial charge in [-0.15, -0.1) is 0 Å². The standard InChI is InChI=1S/C15H19NO4/c1-10-5-4-8-12(15(18)19)14(10)20-9-13(17)16-11-6-2-3-7-11/h4-5,8,11H,2-3,6-7,9H2,1H3,(H,16,17)(H,18,19). The van der Waals surface area contributed by atoms with Gasteiger partial charge in [0.05, 0.1) is 0 Å². The van der Waals surface area contributed by atoms with Crippen molar-refractivity contribution in [3.63, 3.8) is 0 Å². The molecule has 2 N–H and O–H groups in total. The first-order chi connectivity index (χ1) is 9.58. The number of nitrogens with one attached hydrogen (secondary N) is 1. The fourth-order valence-electron chi connectivity index (χ4n) is 2.49. The zero-order valence-electron chi connectivity index (χ0n) is 11.5. The van der Waals surface area contributed by atoms with Crippen LogP contribution in [0.3, 0.4) is 0 Å². The number of rotatable bonds is 5. The second-order valence-electron chi connectivity index (χ2n) is 5.09. The number of carbonyl (C=O) groups excluding carboxylic acids is 1. The zero-order chi connectivity index (χ0) is 14.5. The SMILES string of the molecule is Cc1cccc(C(=O)O)c1OCC(=O)NC1CCCC1. The average Bonchev–Trinajstić information content (AvgIpc) is 2.89. The van der Waals surface area contributed by atoms with E-state index in [0.717, 1.165) is 25.7 Å². The van der Waals surface area contributed by atoms with Crippen molar-refractivity contribution >= 4 is 11.9 Å². The summed E-state index contributed by atoms with van der Waals surface area (Å²) in [5.74, 6) is -0.988. The second kappa shape index (κ2) is 6.41. The largest absolute Gasteiger partial charge is 0.483 e. The monoisotopic (exact) mass is 277 g/mol. The summed E-state index contributed by atoms with van der Waals surface area (Å²) in [6.45, 7) is 1.61. The number of amides is 1. The topological polar surface area (TPSA) is 75.6 Å². The maximum Gasteiger partial charge on any atom is 0.339 e. The van der Waals surface area contributed by atoms with E-state index in [1.54, 1.807) is 19.1 Å². The highest BCUT2D eigenvalue weighted by atomic mass is 16.5. The fraction of sp³-hybridized carbons (Fsp3) is 0.467. The van der Waals surface area contributed by atoms with Crippen LogP contribution in [0.2, 0.25) is 0 Å². The van der Waals surface area contributed by atoms with E-state index in [2.05, 4.69) is 5.32 Å². The van der Waals surface area contributed by atoms with Gasteiger partial charge in [-0.2, -0.15) is 0 Å². The molecule has 0 spiro atoms. The molecule has 0 bridgehead atoms. The number of carbonyl (C=O) groups is 2. The van der Waals surface area contributed by atoms with Crippen molar-refractivity contribution in [1.29, 1.82) is 0 Å². The molecule has 0 unspecified atom stereocenters. The molecule has 1 aliphatic rings. The number of aryl methyl sites for hydroxylation is 1. The van der Waals surface area contributed by atoms with Crippen LogP contribution in [0, 0.1) is 6.92 Å². The smallest absolute Gasteiger partial charge is 0.339 e. The van der Waals surface area contributed by atoms with E-state index >= 15 is 0 Å². The lowest BCUT2D eigenvalue weighted by molar-refractivity contribution is -0.123. The molecule has 1 saturated carbocycles. The molecule has 0 aliphatic heterocycles. The summed E-state index contributed by atoms with van der Waals surface area (Å²) in [5, 5.41) is 12.0. The van der Waals surface area contributed by atoms with Gasteiger partial charge in [-0.3, -0.25) is 4.79 Å². The third-order valence-electron chi connectivity index (χ3n) is 3.51. The van der Waals surface area contributed by atoms with Gasteiger partial charge >= 0.3 is 5.97 Å². The molecule has 1 aromatic rings. The Morgan fingerprint density at radius 3 is 2.70 bits per heavy atom. The van der Waals surface area contributed by atoms with Gasteiger partial charge in [-0.1, -0.05) is 25.0 Å². The number of carboxylic acid groups (broad SMARTS) is 1. The summed E-state index contributed by atoms with van der Waals surface area (Å²) >= 11 is 0. The summed E-state index contributed by atoms with van der Waals surface area (Å²) in [6.07, 6.45) is 4.31. The van der Waals surface area contributed by atoms with E-state index in [0.29, 0.717) is 5.56 Å². The maximum absolute atomic E-state index is 11.8. The zero-order valence-corrected chi connectivity index (χ0v) is 11.5. The van der Waals surface area contributed by atoms with Crippen LogP contribution in [-0.2, 0) is 4.79 Å². The number of hydrogen-bond donors (Lipinski definition) is 2. The summed E-state index contributed by atoms with van der Waals surface area (Å²) in [5.41, 5.74) is 0.789. The van der Waals surface area contributed by atoms with Gasteiger partial charge in [0.15, 0.2) is 6.61 Å². The minimum absolute atomic E-state index is 0.0821. The highest BCUT2D eigenvalue weighted by Crippen LogP contribution is 2.23. The Morgan fingerprint density at radius 2 is 2.05 bits per heavy atom. The first kappa shape index (κ1) is 14.4. The van der Waals surface area contributed by atoms with Gasteiger partial charge in [0, 0.05) is 6.04 Å². The Bertz CT molecular complexity index is 507. The predicted molar refractivity (Wildman–Crippen MR) is 74.0 cm³/mol. The van der Waals surface area contributed by atoms with Crippen LogP contribution >= 0.6 is 0 Å². The molecule has 1 amide bonds. The van der Waals surface area contributed by atoms with E-state index < -0.39 is 5.97 Å². The Balaban J connectivity index is 1.96. The summed E-state index contributed by atoms with van der Waals surface area (Å²) in [4.78, 5) is 22.9. The maximum atomic E-state index is 11.8. The van der Waals surface area contributed by atoms with Gasteiger partial charge < -0.3 is 15.2 Å². The third kappa shape index (κ3) is 3.50. The summed E-state index contributed by atoms with van der Waals surface area (Å²) < 4.78 is 5.41. The molecule has 2 rings (SSSR count). The molecular weight excluding hydrogens is 258 g/mol.